The summed E-state index contributed by atoms with van der Waals surface area (Å²) in [7, 11) is 1.64. The lowest BCUT2D eigenvalue weighted by molar-refractivity contribution is 0.0739. The number of rotatable bonds is 6. The fraction of sp³-hybridized carbons (Fsp3) is 0.296. The monoisotopic (exact) mass is 658 g/mol. The van der Waals surface area contributed by atoms with Crippen LogP contribution in [0.25, 0.3) is 0 Å². The number of aliphatic hydroxyl groups is 1. The maximum atomic E-state index is 14.0. The number of pyridine rings is 1. The molecule has 0 atom stereocenters. The number of urea groups is 1. The number of aliphatic hydroxyl groups excluding tert-OH is 1. The highest BCUT2D eigenvalue weighted by molar-refractivity contribution is 7.99. The normalized spacial score (nSPS) is 15.4. The molecule has 3 aromatic rings. The van der Waals surface area contributed by atoms with Gasteiger partial charge in [-0.15, -0.1) is 0 Å². The van der Waals surface area contributed by atoms with Crippen molar-refractivity contribution in [2.75, 3.05) is 25.0 Å². The Kier molecular flexibility index (Phi) is 8.38. The second-order valence-corrected chi connectivity index (χ2v) is 12.1. The van der Waals surface area contributed by atoms with Crippen molar-refractivity contribution in [2.24, 2.45) is 0 Å². The highest BCUT2D eigenvalue weighted by Gasteiger charge is 2.36. The Morgan fingerprint density at radius 2 is 1.83 bits per heavy atom. The van der Waals surface area contributed by atoms with Crippen LogP contribution in [0.3, 0.4) is 0 Å². The Hall–Kier alpha value is -3.03. The first-order valence-corrected chi connectivity index (χ1v) is 14.5. The third-order valence-corrected chi connectivity index (χ3v) is 9.36. The Morgan fingerprint density at radius 3 is 2.48 bits per heavy atom. The van der Waals surface area contributed by atoms with Gasteiger partial charge in [-0.3, -0.25) is 14.5 Å². The number of hydrogen-bond acceptors (Lipinski definition) is 6. The van der Waals surface area contributed by atoms with Crippen LogP contribution in [0.1, 0.15) is 39.2 Å². The van der Waals surface area contributed by atoms with Crippen LogP contribution in [0, 0.1) is 0 Å². The average Bonchev–Trinajstić information content (AvgIpc) is 3.35. The van der Waals surface area contributed by atoms with E-state index in [9.17, 15) is 33.4 Å². The molecule has 1 fully saturated rings. The van der Waals surface area contributed by atoms with E-state index in [2.05, 4.69) is 0 Å². The van der Waals surface area contributed by atoms with E-state index in [1.165, 1.54) is 26.8 Å². The predicted molar refractivity (Wildman–Crippen MR) is 155 cm³/mol. The van der Waals surface area contributed by atoms with Gasteiger partial charge in [0, 0.05) is 48.6 Å². The third kappa shape index (κ3) is 5.53. The molecule has 42 heavy (non-hydrogen) atoms. The number of aromatic amines is 1. The minimum Gasteiger partial charge on any atom is -0.505 e. The van der Waals surface area contributed by atoms with Crippen molar-refractivity contribution in [3.63, 3.8) is 0 Å². The molecule has 1 saturated heterocycles. The van der Waals surface area contributed by atoms with Gasteiger partial charge in [-0.1, -0.05) is 41.0 Å². The quantitative estimate of drug-likeness (QED) is 0.291. The fourth-order valence-electron chi connectivity index (χ4n) is 5.03. The summed E-state index contributed by atoms with van der Waals surface area (Å²) in [6.07, 6.45) is 0.661. The molecule has 0 bridgehead atoms. The van der Waals surface area contributed by atoms with Crippen molar-refractivity contribution in [3.8, 4) is 5.75 Å². The van der Waals surface area contributed by atoms with Crippen LogP contribution in [0.2, 0.25) is 10.0 Å². The SMILES string of the molecule is CN1CCCN(c2cc3c(c(CO)c2O)CN(C(=O)c2c(Sc4c(Cl)cccc4Cl)cc(C(F)(F)Cl)[nH]c2=O)C3)C1=O. The van der Waals surface area contributed by atoms with Crippen molar-refractivity contribution < 1.29 is 28.6 Å². The molecular weight excluding hydrogens is 637 g/mol. The van der Waals surface area contributed by atoms with Gasteiger partial charge >= 0.3 is 11.4 Å². The average molecular weight is 660 g/mol. The molecule has 3 amide bonds. The summed E-state index contributed by atoms with van der Waals surface area (Å²) >= 11 is 18.5. The second kappa shape index (κ2) is 11.6. The van der Waals surface area contributed by atoms with Crippen molar-refractivity contribution in [3.05, 3.63) is 78.7 Å². The van der Waals surface area contributed by atoms with Gasteiger partial charge in [-0.05, 0) is 53.4 Å². The minimum atomic E-state index is -3.94. The molecule has 2 aliphatic heterocycles. The molecule has 1 aromatic heterocycles. The van der Waals surface area contributed by atoms with Gasteiger partial charge in [0.05, 0.1) is 22.3 Å². The number of aromatic nitrogens is 1. The zero-order valence-corrected chi connectivity index (χ0v) is 25.0. The van der Waals surface area contributed by atoms with Crippen molar-refractivity contribution in [1.82, 2.24) is 14.8 Å². The van der Waals surface area contributed by atoms with Gasteiger partial charge in [0.25, 0.3) is 11.5 Å². The summed E-state index contributed by atoms with van der Waals surface area (Å²) in [5, 5.41) is 17.6. The molecule has 0 spiro atoms. The van der Waals surface area contributed by atoms with Crippen LogP contribution in [-0.2, 0) is 25.1 Å². The third-order valence-electron chi connectivity index (χ3n) is 7.12. The number of hydrogen-bond donors (Lipinski definition) is 3. The number of amides is 3. The molecule has 0 saturated carbocycles. The number of phenols is 1. The van der Waals surface area contributed by atoms with Crippen LogP contribution >= 0.6 is 46.6 Å². The van der Waals surface area contributed by atoms with E-state index in [0.717, 1.165) is 17.8 Å². The summed E-state index contributed by atoms with van der Waals surface area (Å²) in [6, 6.07) is 6.77. The van der Waals surface area contributed by atoms with E-state index in [4.69, 9.17) is 34.8 Å². The Morgan fingerprint density at radius 1 is 1.14 bits per heavy atom. The Bertz CT molecular complexity index is 1650. The van der Waals surface area contributed by atoms with E-state index in [0.29, 0.717) is 30.6 Å². The zero-order chi connectivity index (χ0) is 30.5. The van der Waals surface area contributed by atoms with Gasteiger partial charge < -0.3 is 25.0 Å². The molecule has 222 valence electrons. The second-order valence-electron chi connectivity index (χ2n) is 9.79. The summed E-state index contributed by atoms with van der Waals surface area (Å²) < 4.78 is 28.1. The van der Waals surface area contributed by atoms with E-state index in [1.54, 1.807) is 19.2 Å². The van der Waals surface area contributed by atoms with E-state index in [-0.39, 0.29) is 56.0 Å². The summed E-state index contributed by atoms with van der Waals surface area (Å²) in [6.45, 7) is 0.180. The molecule has 0 unspecified atom stereocenters. The molecule has 0 aliphatic carbocycles. The number of halogens is 5. The summed E-state index contributed by atoms with van der Waals surface area (Å²) in [5.74, 6) is -1.09. The van der Waals surface area contributed by atoms with Gasteiger partial charge in [-0.2, -0.15) is 8.78 Å². The molecule has 3 heterocycles. The van der Waals surface area contributed by atoms with Crippen LogP contribution in [-0.4, -0.2) is 57.1 Å². The number of nitrogens with one attached hydrogen (secondary N) is 1. The summed E-state index contributed by atoms with van der Waals surface area (Å²) in [4.78, 5) is 46.1. The zero-order valence-electron chi connectivity index (χ0n) is 21.9. The number of alkyl halides is 3. The smallest absolute Gasteiger partial charge is 0.362 e. The standard InChI is InChI=1S/C27H23Cl3F2N4O5S/c1-34-6-3-7-36(26(34)41)18-8-13-10-35(11-14(13)15(12-37)22(18)38)25(40)21-19(9-20(27(30,31)32)33-24(21)39)42-23-16(28)4-2-5-17(23)29/h2,4-5,8-9,37-38H,3,6-7,10-12H2,1H3,(H,33,39). The first-order chi connectivity index (χ1) is 19.8. The minimum absolute atomic E-state index is 0.0455. The van der Waals surface area contributed by atoms with Crippen molar-refractivity contribution in [2.45, 2.75) is 41.3 Å². The first-order valence-electron chi connectivity index (χ1n) is 12.6. The van der Waals surface area contributed by atoms with Crippen LogP contribution in [0.5, 0.6) is 5.75 Å². The molecule has 2 aliphatic rings. The van der Waals surface area contributed by atoms with Gasteiger partial charge in [-0.25, -0.2) is 4.79 Å². The predicted octanol–water partition coefficient (Wildman–Crippen LogP) is 5.74. The lowest BCUT2D eigenvalue weighted by atomic mass is 10.0. The van der Waals surface area contributed by atoms with Gasteiger partial charge in [0.15, 0.2) is 0 Å². The molecular formula is C27H23Cl3F2N4O5S. The van der Waals surface area contributed by atoms with Crippen LogP contribution in [0.15, 0.2) is 44.9 Å². The van der Waals surface area contributed by atoms with Gasteiger partial charge in [0.1, 0.15) is 17.0 Å². The van der Waals surface area contributed by atoms with Gasteiger partial charge in [0.2, 0.25) is 0 Å². The molecule has 0 radical (unpaired) electrons. The number of fused-ring (bicyclic) bond motifs is 1. The van der Waals surface area contributed by atoms with Crippen molar-refractivity contribution in [1.29, 1.82) is 0 Å². The molecule has 5 rings (SSSR count). The fourth-order valence-corrected chi connectivity index (χ4v) is 6.77. The van der Waals surface area contributed by atoms with Crippen LogP contribution < -0.4 is 10.5 Å². The van der Waals surface area contributed by atoms with E-state index >= 15 is 0 Å². The number of aromatic hydroxyl groups is 1. The van der Waals surface area contributed by atoms with E-state index < -0.39 is 34.7 Å². The number of benzene rings is 2. The molecule has 15 heteroatoms. The maximum Gasteiger partial charge on any atom is 0.362 e. The number of carbonyl (C=O) groups is 2. The molecule has 3 N–H and O–H groups in total. The van der Waals surface area contributed by atoms with Crippen LogP contribution in [0.4, 0.5) is 19.3 Å². The highest BCUT2D eigenvalue weighted by Crippen LogP contribution is 2.43. The van der Waals surface area contributed by atoms with E-state index in [1.807, 2.05) is 4.98 Å². The Balaban J connectivity index is 1.55. The molecule has 9 nitrogen and oxygen atoms in total. The molecule has 2 aromatic carbocycles. The number of anilines is 1. The largest absolute Gasteiger partial charge is 0.505 e. The first kappa shape index (κ1) is 30.4. The maximum absolute atomic E-state index is 14.0. The number of nitrogens with zero attached hydrogens (tertiary/aromatic N) is 3. The lowest BCUT2D eigenvalue weighted by Gasteiger charge is -2.34. The topological polar surface area (TPSA) is 117 Å². The number of H-pyrrole nitrogens is 1. The summed E-state index contributed by atoms with van der Waals surface area (Å²) in [5.41, 5.74) is -1.14. The Labute approximate surface area is 257 Å². The number of carbonyl (C=O) groups excluding carboxylic acids is 2. The highest BCUT2D eigenvalue weighted by atomic mass is 35.5. The lowest BCUT2D eigenvalue weighted by Crippen LogP contribution is -2.47. The van der Waals surface area contributed by atoms with Crippen molar-refractivity contribution >= 4 is 64.2 Å².